The van der Waals surface area contributed by atoms with Crippen LogP contribution < -0.4 is 147 Å². The molecule has 0 aromatic carbocycles. The highest BCUT2D eigenvalue weighted by molar-refractivity contribution is 7.98. The highest BCUT2D eigenvalue weighted by Crippen LogP contribution is 2.15. The maximum atomic E-state index is 14.5. The summed E-state index contributed by atoms with van der Waals surface area (Å²) in [6, 6.07) is -23.7. The molecule has 0 radical (unpaired) electrons. The molecule has 0 spiro atoms. The number of aliphatic hydroxyl groups excluding tert-OH is 1. The Morgan fingerprint density at radius 3 is 1.06 bits per heavy atom. The Kier molecular flexibility index (Phi) is 57.7. The Balaban J connectivity index is 6.92. The van der Waals surface area contributed by atoms with Crippen molar-refractivity contribution in [2.24, 2.45) is 75.3 Å². The van der Waals surface area contributed by atoms with E-state index in [0.717, 1.165) is 0 Å². The number of aliphatic hydroxyl groups is 1. The SMILES string of the molecule is CSCC[C@H](NC(=O)[C@H](CC(C)C)NC(=O)[C@H](C)NC(=O)[C@@H](NC(=O)[C@H](CC(N)=O)NC(=O)[C@H](CO)NC(=O)CNC(=O)[C@H](CCCNC(N)N)NC(=O)[C@H](CCCNC(N)N)NC(=O)[C@H](CCC(=O)O)NC(=O)[C@H](CCC(N)=O)NC(=O)[C@H](CC(C)C)NC(=O)[C@@H](N)CCCNC(N)N)C(C)C)C(=O)N[C@@H](CC(C)C)C(=O)N[C@@H](CC(=O)O)C(=O)N[C@@H](CS)C(=O)O. The quantitative estimate of drug-likeness (QED) is 0.0153. The van der Waals surface area contributed by atoms with Crippen LogP contribution in [0.5, 0.6) is 0 Å². The molecule has 0 unspecified atom stereocenters. The standard InChI is InChI=1S/C75H139N27O24S2/c1-34(2)26-45(65(118)95-44(21-25-128-10)64(117)98-47(28-36(5)6)67(120)100-49(30-56(109)110)68(121)101-51(33-127)72(125)126)96-58(111)38(9)89-71(124)57(37(7)8)102-69(122)48(29-53(78)105)99-70(123)50(32-103)90-54(106)31-88-60(113)40(15-12-23-86-74(81)82)91-61(114)41(16-13-24-87-75(83)84)92-63(116)43(18-20-55(107)108)93-62(115)42(17-19-52(77)104)94-66(119)46(27-35(3)4)97-59(112)39(76)14-11-22-85-73(79)80/h34-51,57,73-75,85-87,103,127H,11-33,76,79-84H2,1-10H3,(H2,77,104)(H2,78,105)(H,88,113)(H,89,124)(H,90,106)(H,91,114)(H,92,116)(H,93,115)(H,94,119)(H,95,118)(H,96,111)(H,97,112)(H,98,117)(H,99,123)(H,100,120)(H,101,121)(H,102,122)(H,107,108)(H,109,110)(H,125,126)/t38-,39-,40-,41-,42-,43-,44-,45-,46-,47-,48-,49-,50-,51-,57-/m0/s1. The minimum Gasteiger partial charge on any atom is -0.481 e. The van der Waals surface area contributed by atoms with Crippen LogP contribution in [0.2, 0.25) is 0 Å². The Labute approximate surface area is 751 Å². The summed E-state index contributed by atoms with van der Waals surface area (Å²) in [7, 11) is 0. The van der Waals surface area contributed by atoms with E-state index in [1.807, 2.05) is 0 Å². The second-order valence-electron chi connectivity index (χ2n) is 32.0. The summed E-state index contributed by atoms with van der Waals surface area (Å²) in [5.74, 6) is -24.2. The van der Waals surface area contributed by atoms with Crippen LogP contribution in [-0.2, 0) is 95.9 Å². The lowest BCUT2D eigenvalue weighted by atomic mass is 10.0. The fourth-order valence-electron chi connectivity index (χ4n) is 12.0. The average molecular weight is 1870 g/mol. The monoisotopic (exact) mass is 1870 g/mol. The number of carboxylic acids is 3. The van der Waals surface area contributed by atoms with Crippen molar-refractivity contribution in [2.75, 3.05) is 50.5 Å². The molecule has 0 fully saturated rings. The molecule has 0 rings (SSSR count). The Bertz CT molecular complexity index is 3670. The molecule has 0 saturated heterocycles. The predicted molar refractivity (Wildman–Crippen MR) is 468 cm³/mol. The van der Waals surface area contributed by atoms with Crippen LogP contribution >= 0.6 is 24.4 Å². The number of nitrogens with one attached hydrogen (secondary N) is 18. The number of amides is 17. The zero-order valence-corrected chi connectivity index (χ0v) is 75.7. The van der Waals surface area contributed by atoms with Gasteiger partial charge in [-0.2, -0.15) is 24.4 Å². The molecule has 15 atom stereocenters. The Hall–Kier alpha value is -10.3. The third kappa shape index (κ3) is 50.4. The molecule has 0 bridgehead atoms. The Morgan fingerprint density at radius 1 is 0.344 bits per heavy atom. The van der Waals surface area contributed by atoms with Crippen molar-refractivity contribution in [3.63, 3.8) is 0 Å². The first-order valence-electron chi connectivity index (χ1n) is 41.7. The van der Waals surface area contributed by atoms with E-state index in [-0.39, 0.29) is 100 Å². The summed E-state index contributed by atoms with van der Waals surface area (Å²) in [6.45, 7) is 12.6. The van der Waals surface area contributed by atoms with Crippen molar-refractivity contribution >= 4 is 143 Å². The first-order chi connectivity index (χ1) is 59.8. The van der Waals surface area contributed by atoms with Crippen LogP contribution in [0.25, 0.3) is 0 Å². The summed E-state index contributed by atoms with van der Waals surface area (Å²) in [6.07, 6.45) is -5.78. The number of hydrogen-bond acceptors (Lipinski definition) is 33. The summed E-state index contributed by atoms with van der Waals surface area (Å²) in [4.78, 5) is 269. The topological polar surface area (TPSA) is 873 Å². The molecule has 0 heterocycles. The third-order valence-corrected chi connectivity index (χ3v) is 19.7. The van der Waals surface area contributed by atoms with Gasteiger partial charge in [-0.1, -0.05) is 55.4 Å². The number of primary amides is 2. The van der Waals surface area contributed by atoms with Gasteiger partial charge in [0.2, 0.25) is 100 Å². The fourth-order valence-corrected chi connectivity index (χ4v) is 12.7. The van der Waals surface area contributed by atoms with Crippen molar-refractivity contribution in [2.45, 2.75) is 275 Å². The second-order valence-corrected chi connectivity index (χ2v) is 33.4. The predicted octanol–water partition coefficient (Wildman–Crippen LogP) is -12.0. The number of rotatable bonds is 68. The molecule has 0 saturated carbocycles. The normalized spacial score (nSPS) is 14.9. The number of aliphatic carboxylic acids is 3. The van der Waals surface area contributed by atoms with E-state index in [4.69, 9.17) is 51.6 Å². The van der Waals surface area contributed by atoms with Gasteiger partial charge in [-0.05, 0) is 139 Å². The largest absolute Gasteiger partial charge is 0.481 e. The van der Waals surface area contributed by atoms with E-state index in [1.165, 1.54) is 32.5 Å². The van der Waals surface area contributed by atoms with Crippen LogP contribution in [0.4, 0.5) is 0 Å². The lowest BCUT2D eigenvalue weighted by Crippen LogP contribution is -2.61. The van der Waals surface area contributed by atoms with Gasteiger partial charge in [0.05, 0.1) is 32.0 Å². The first kappa shape index (κ1) is 118. The molecular weight excluding hydrogens is 1730 g/mol. The molecule has 0 aromatic heterocycles. The highest BCUT2D eigenvalue weighted by Gasteiger charge is 2.39. The Morgan fingerprint density at radius 2 is 0.688 bits per heavy atom. The van der Waals surface area contributed by atoms with E-state index in [1.54, 1.807) is 47.8 Å². The van der Waals surface area contributed by atoms with Gasteiger partial charge in [-0.15, -0.1) is 0 Å². The molecule has 0 aliphatic rings. The van der Waals surface area contributed by atoms with Crippen LogP contribution in [0.3, 0.4) is 0 Å². The molecule has 0 aromatic rings. The minimum atomic E-state index is -1.96. The lowest BCUT2D eigenvalue weighted by molar-refractivity contribution is -0.143. The number of nitrogens with two attached hydrogens (primary N) is 9. The second kappa shape index (κ2) is 62.8. The maximum Gasteiger partial charge on any atom is 0.327 e. The molecule has 0 aliphatic heterocycles. The first-order valence-corrected chi connectivity index (χ1v) is 43.8. The van der Waals surface area contributed by atoms with Crippen molar-refractivity contribution in [3.8, 4) is 0 Å². The average Bonchev–Trinajstić information content (AvgIpc) is 0.857. The van der Waals surface area contributed by atoms with Gasteiger partial charge >= 0.3 is 17.9 Å². The summed E-state index contributed by atoms with van der Waals surface area (Å²) in [5.41, 5.74) is 50.7. The molecule has 53 heteroatoms. The lowest BCUT2D eigenvalue weighted by Gasteiger charge is -2.28. The third-order valence-electron chi connectivity index (χ3n) is 18.7. The van der Waals surface area contributed by atoms with Crippen molar-refractivity contribution in [1.29, 1.82) is 0 Å². The van der Waals surface area contributed by atoms with Gasteiger partial charge in [0, 0.05) is 18.6 Å². The fraction of sp³-hybridized carbons (Fsp3) is 0.733. The summed E-state index contributed by atoms with van der Waals surface area (Å²) < 4.78 is 0. The van der Waals surface area contributed by atoms with E-state index in [9.17, 15) is 116 Å². The molecular formula is C75H139N27O24S2. The minimum absolute atomic E-state index is 0.00287. The van der Waals surface area contributed by atoms with Gasteiger partial charge in [-0.25, -0.2) is 4.79 Å². The van der Waals surface area contributed by atoms with Gasteiger partial charge in [-0.3, -0.25) is 107 Å². The van der Waals surface area contributed by atoms with Crippen LogP contribution in [0.15, 0.2) is 0 Å². The molecule has 51 nitrogen and oxygen atoms in total. The van der Waals surface area contributed by atoms with Crippen LogP contribution in [0, 0.1) is 23.7 Å². The maximum absolute atomic E-state index is 14.5. The van der Waals surface area contributed by atoms with Gasteiger partial charge in [0.1, 0.15) is 103 Å². The zero-order valence-electron chi connectivity index (χ0n) is 74.0. The van der Waals surface area contributed by atoms with Crippen molar-refractivity contribution < 1.29 is 116 Å². The van der Waals surface area contributed by atoms with E-state index in [0.29, 0.717) is 13.0 Å². The molecule has 0 aliphatic carbocycles. The molecule has 730 valence electrons. The number of thioether (sulfide) groups is 1. The number of hydrogen-bond donors (Lipinski definition) is 32. The summed E-state index contributed by atoms with van der Waals surface area (Å²) >= 11 is 5.18. The van der Waals surface area contributed by atoms with E-state index >= 15 is 0 Å². The smallest absolute Gasteiger partial charge is 0.327 e. The zero-order chi connectivity index (χ0) is 97.9. The van der Waals surface area contributed by atoms with Gasteiger partial charge in [0.25, 0.3) is 0 Å². The molecule has 128 heavy (non-hydrogen) atoms. The van der Waals surface area contributed by atoms with E-state index < -0.39 is 285 Å². The molecule has 40 N–H and O–H groups in total. The number of carbonyl (C=O) groups is 20. The van der Waals surface area contributed by atoms with Crippen LogP contribution in [0.1, 0.15) is 165 Å². The van der Waals surface area contributed by atoms with Crippen molar-refractivity contribution in [1.82, 2.24) is 95.7 Å². The van der Waals surface area contributed by atoms with Crippen LogP contribution in [-0.4, -0.2) is 299 Å². The van der Waals surface area contributed by atoms with Gasteiger partial charge < -0.3 is 152 Å². The van der Waals surface area contributed by atoms with E-state index in [2.05, 4.69) is 108 Å². The molecule has 17 amide bonds. The summed E-state index contributed by atoms with van der Waals surface area (Å²) in [5, 5.41) is 83.3. The number of thiol groups is 1. The van der Waals surface area contributed by atoms with Crippen molar-refractivity contribution in [3.05, 3.63) is 0 Å². The number of carbonyl (C=O) groups excluding carboxylic acids is 17. The van der Waals surface area contributed by atoms with Gasteiger partial charge in [0.15, 0.2) is 0 Å². The highest BCUT2D eigenvalue weighted by atomic mass is 32.2. The number of carboxylic acid groups (broad SMARTS) is 3.